The van der Waals surface area contributed by atoms with Crippen LogP contribution in [0.2, 0.25) is 0 Å². The van der Waals surface area contributed by atoms with Crippen molar-refractivity contribution in [2.75, 3.05) is 4.90 Å². The molecule has 0 radical (unpaired) electrons. The minimum atomic E-state index is -1.12. The number of Topliss-reactive ketones (excluding diaryl/α,β-unsaturated/α-hetero) is 1. The number of hydrogen-bond donors (Lipinski definition) is 1. The summed E-state index contributed by atoms with van der Waals surface area (Å²) in [5.74, 6) is -1.75. The van der Waals surface area contributed by atoms with Gasteiger partial charge >= 0.3 is 5.91 Å². The summed E-state index contributed by atoms with van der Waals surface area (Å²) in [6, 6.07) is 14.2. The molecule has 1 aromatic heterocycles. The summed E-state index contributed by atoms with van der Waals surface area (Å²) < 4.78 is 5.05. The van der Waals surface area contributed by atoms with Gasteiger partial charge in [0.1, 0.15) is 11.5 Å². The van der Waals surface area contributed by atoms with E-state index in [-0.39, 0.29) is 28.4 Å². The monoisotopic (exact) mass is 405 g/mol. The molecule has 2 heterocycles. The fourth-order valence-corrected chi connectivity index (χ4v) is 3.41. The van der Waals surface area contributed by atoms with Crippen LogP contribution in [0.1, 0.15) is 22.9 Å². The summed E-state index contributed by atoms with van der Waals surface area (Å²) in [5, 5.41) is 26.0. The lowest BCUT2D eigenvalue weighted by Crippen LogP contribution is -2.29. The largest absolute Gasteiger partial charge is 0.507 e. The highest BCUT2D eigenvalue weighted by atomic mass is 16.6. The van der Waals surface area contributed by atoms with Crippen molar-refractivity contribution in [2.45, 2.75) is 13.0 Å². The number of amides is 1. The molecule has 1 saturated heterocycles. The van der Waals surface area contributed by atoms with Crippen molar-refractivity contribution in [3.05, 3.63) is 93.2 Å². The zero-order valence-electron chi connectivity index (χ0n) is 15.7. The lowest BCUT2D eigenvalue weighted by molar-refractivity contribution is -0.384. The van der Waals surface area contributed by atoms with E-state index < -0.39 is 22.7 Å². The van der Waals surface area contributed by atoms with E-state index in [1.807, 2.05) is 0 Å². The Balaban J connectivity index is 1.97. The molecule has 1 amide bonds. The topological polar surface area (TPSA) is 127 Å². The number of carbonyl (C=O) groups is 2. The van der Waals surface area contributed by atoms with E-state index in [4.69, 9.17) is 4.52 Å². The number of aromatic nitrogens is 1. The summed E-state index contributed by atoms with van der Waals surface area (Å²) in [4.78, 5) is 37.5. The number of nitro benzene ring substituents is 1. The molecule has 1 fully saturated rings. The number of carbonyl (C=O) groups excluding carboxylic acids is 2. The summed E-state index contributed by atoms with van der Waals surface area (Å²) >= 11 is 0. The maximum atomic E-state index is 12.9. The van der Waals surface area contributed by atoms with Gasteiger partial charge in [-0.15, -0.1) is 0 Å². The number of nitro groups is 1. The summed E-state index contributed by atoms with van der Waals surface area (Å²) in [6.07, 6.45) is 0. The fraction of sp³-hybridized carbons (Fsp3) is 0.0952. The van der Waals surface area contributed by atoms with Crippen molar-refractivity contribution >= 4 is 29.0 Å². The van der Waals surface area contributed by atoms with Crippen LogP contribution < -0.4 is 4.90 Å². The Morgan fingerprint density at radius 2 is 1.87 bits per heavy atom. The van der Waals surface area contributed by atoms with E-state index in [1.54, 1.807) is 43.3 Å². The van der Waals surface area contributed by atoms with Crippen molar-refractivity contribution in [1.82, 2.24) is 5.16 Å². The van der Waals surface area contributed by atoms with E-state index in [1.165, 1.54) is 24.3 Å². The first-order chi connectivity index (χ1) is 14.4. The van der Waals surface area contributed by atoms with Crippen LogP contribution in [0.4, 0.5) is 11.5 Å². The number of ketones is 1. The minimum absolute atomic E-state index is 0.0678. The summed E-state index contributed by atoms with van der Waals surface area (Å²) in [6.45, 7) is 1.62. The number of rotatable bonds is 4. The normalized spacial score (nSPS) is 18.0. The predicted octanol–water partition coefficient (Wildman–Crippen LogP) is 3.52. The molecule has 2 aromatic carbocycles. The first-order valence-electron chi connectivity index (χ1n) is 8.92. The Morgan fingerprint density at radius 3 is 2.50 bits per heavy atom. The number of hydrogen-bond acceptors (Lipinski definition) is 7. The van der Waals surface area contributed by atoms with Crippen LogP contribution in [-0.4, -0.2) is 26.9 Å². The van der Waals surface area contributed by atoms with Crippen molar-refractivity contribution in [3.63, 3.8) is 0 Å². The molecule has 0 saturated carbocycles. The van der Waals surface area contributed by atoms with Gasteiger partial charge in [-0.05, 0) is 12.5 Å². The molecule has 9 heteroatoms. The van der Waals surface area contributed by atoms with E-state index in [2.05, 4.69) is 5.16 Å². The maximum absolute atomic E-state index is 12.9. The second kappa shape index (κ2) is 7.28. The van der Waals surface area contributed by atoms with Crippen LogP contribution in [0.3, 0.4) is 0 Å². The van der Waals surface area contributed by atoms with Gasteiger partial charge in [-0.25, -0.2) is 0 Å². The molecule has 150 valence electrons. The Kier molecular flexibility index (Phi) is 4.63. The van der Waals surface area contributed by atoms with E-state index in [0.29, 0.717) is 11.3 Å². The lowest BCUT2D eigenvalue weighted by atomic mass is 9.95. The van der Waals surface area contributed by atoms with Gasteiger partial charge in [0.15, 0.2) is 5.82 Å². The number of anilines is 1. The van der Waals surface area contributed by atoms with Gasteiger partial charge in [-0.1, -0.05) is 47.6 Å². The van der Waals surface area contributed by atoms with E-state index >= 15 is 0 Å². The molecule has 4 rings (SSSR count). The van der Waals surface area contributed by atoms with Crippen LogP contribution in [0.15, 0.2) is 70.8 Å². The third-order valence-corrected chi connectivity index (χ3v) is 4.75. The van der Waals surface area contributed by atoms with Crippen LogP contribution in [0, 0.1) is 17.0 Å². The van der Waals surface area contributed by atoms with Gasteiger partial charge in [-0.2, -0.15) is 0 Å². The Hall–Kier alpha value is -4.27. The van der Waals surface area contributed by atoms with Gasteiger partial charge in [0.2, 0.25) is 0 Å². The Bertz CT molecular complexity index is 1200. The second-order valence-corrected chi connectivity index (χ2v) is 6.68. The molecule has 0 spiro atoms. The quantitative estimate of drug-likeness (QED) is 0.231. The Labute approximate surface area is 170 Å². The highest BCUT2D eigenvalue weighted by Gasteiger charge is 2.48. The molecule has 1 aliphatic heterocycles. The van der Waals surface area contributed by atoms with Gasteiger partial charge in [-0.3, -0.25) is 24.6 Å². The number of aliphatic hydroxyl groups is 1. The SMILES string of the molecule is Cc1cc(N2C(=O)C(=O)/C(=C(\O)c3ccccc3)C2c2cccc([N+](=O)[O-])c2)no1. The molecule has 30 heavy (non-hydrogen) atoms. The summed E-state index contributed by atoms with van der Waals surface area (Å²) in [5.41, 5.74) is 0.213. The zero-order chi connectivity index (χ0) is 21.4. The molecule has 3 aromatic rings. The molecular weight excluding hydrogens is 390 g/mol. The first-order valence-corrected chi connectivity index (χ1v) is 8.92. The average molecular weight is 405 g/mol. The van der Waals surface area contributed by atoms with E-state index in [9.17, 15) is 24.8 Å². The highest BCUT2D eigenvalue weighted by Crippen LogP contribution is 2.42. The zero-order valence-corrected chi connectivity index (χ0v) is 15.7. The number of nitrogens with zero attached hydrogens (tertiary/aromatic N) is 3. The fourth-order valence-electron chi connectivity index (χ4n) is 3.41. The average Bonchev–Trinajstić information content (AvgIpc) is 3.29. The van der Waals surface area contributed by atoms with Gasteiger partial charge < -0.3 is 9.63 Å². The summed E-state index contributed by atoms with van der Waals surface area (Å²) in [7, 11) is 0. The third-order valence-electron chi connectivity index (χ3n) is 4.75. The van der Waals surface area contributed by atoms with Gasteiger partial charge in [0, 0.05) is 23.8 Å². The molecule has 1 atom stereocenters. The minimum Gasteiger partial charge on any atom is -0.507 e. The smallest absolute Gasteiger partial charge is 0.301 e. The van der Waals surface area contributed by atoms with Crippen molar-refractivity contribution < 1.29 is 24.1 Å². The van der Waals surface area contributed by atoms with Gasteiger partial charge in [0.05, 0.1) is 16.5 Å². The number of non-ortho nitro benzene ring substituents is 1. The van der Waals surface area contributed by atoms with Crippen molar-refractivity contribution in [2.24, 2.45) is 0 Å². The second-order valence-electron chi connectivity index (χ2n) is 6.68. The van der Waals surface area contributed by atoms with Crippen LogP contribution >= 0.6 is 0 Å². The molecule has 1 unspecified atom stereocenters. The maximum Gasteiger partial charge on any atom is 0.301 e. The number of aliphatic hydroxyl groups excluding tert-OH is 1. The first kappa shape index (κ1) is 19.1. The molecule has 0 aliphatic carbocycles. The van der Waals surface area contributed by atoms with E-state index in [0.717, 1.165) is 4.90 Å². The highest BCUT2D eigenvalue weighted by molar-refractivity contribution is 6.51. The lowest BCUT2D eigenvalue weighted by Gasteiger charge is -2.22. The molecule has 9 nitrogen and oxygen atoms in total. The molecule has 1 aliphatic rings. The van der Waals surface area contributed by atoms with Crippen LogP contribution in [-0.2, 0) is 9.59 Å². The van der Waals surface area contributed by atoms with Crippen LogP contribution in [0.5, 0.6) is 0 Å². The Morgan fingerprint density at radius 1 is 1.13 bits per heavy atom. The number of benzene rings is 2. The third kappa shape index (κ3) is 3.12. The van der Waals surface area contributed by atoms with Gasteiger partial charge in [0.25, 0.3) is 11.5 Å². The van der Waals surface area contributed by atoms with Crippen molar-refractivity contribution in [1.29, 1.82) is 0 Å². The molecule has 0 bridgehead atoms. The molecular formula is C21H15N3O6. The van der Waals surface area contributed by atoms with Crippen LogP contribution in [0.25, 0.3) is 5.76 Å². The number of aryl methyl sites for hydroxylation is 1. The standard InChI is InChI=1S/C21H15N3O6/c1-12-10-16(22-30-12)23-18(14-8-5-9-15(11-14)24(28)29)17(20(26)21(23)27)19(25)13-6-3-2-4-7-13/h2-11,18,25H,1H3/b19-17-. The predicted molar refractivity (Wildman–Crippen MR) is 106 cm³/mol. The van der Waals surface area contributed by atoms with Crippen molar-refractivity contribution in [3.8, 4) is 0 Å². The molecule has 1 N–H and O–H groups in total.